The fraction of sp³-hybridized carbons (Fsp3) is 0.647. The average molecular weight is 277 g/mol. The maximum absolute atomic E-state index is 5.62. The van der Waals surface area contributed by atoms with Crippen molar-refractivity contribution in [3.63, 3.8) is 0 Å². The van der Waals surface area contributed by atoms with Crippen molar-refractivity contribution in [2.45, 2.75) is 51.2 Å². The molecule has 3 nitrogen and oxygen atoms in total. The number of benzene rings is 1. The van der Waals surface area contributed by atoms with Gasteiger partial charge in [0, 0.05) is 19.6 Å². The molecule has 0 saturated carbocycles. The van der Waals surface area contributed by atoms with Gasteiger partial charge in [0.25, 0.3) is 0 Å². The zero-order chi connectivity index (χ0) is 14.4. The Morgan fingerprint density at radius 3 is 2.90 bits per heavy atom. The molecule has 0 saturated heterocycles. The number of hydrogen-bond donors (Lipinski definition) is 1. The van der Waals surface area contributed by atoms with Crippen LogP contribution in [0.3, 0.4) is 0 Å². The van der Waals surface area contributed by atoms with Crippen molar-refractivity contribution in [3.8, 4) is 5.75 Å². The van der Waals surface area contributed by atoms with Gasteiger partial charge < -0.3 is 14.8 Å². The molecule has 2 rings (SSSR count). The van der Waals surface area contributed by atoms with E-state index >= 15 is 0 Å². The van der Waals surface area contributed by atoms with Gasteiger partial charge in [0.15, 0.2) is 0 Å². The summed E-state index contributed by atoms with van der Waals surface area (Å²) in [5.41, 5.74) is 2.77. The second-order valence-corrected chi connectivity index (χ2v) is 5.54. The van der Waals surface area contributed by atoms with E-state index in [2.05, 4.69) is 30.4 Å². The van der Waals surface area contributed by atoms with E-state index in [4.69, 9.17) is 9.47 Å². The van der Waals surface area contributed by atoms with E-state index in [0.29, 0.717) is 12.1 Å². The van der Waals surface area contributed by atoms with E-state index in [1.165, 1.54) is 11.1 Å². The Labute approximate surface area is 122 Å². The summed E-state index contributed by atoms with van der Waals surface area (Å²) in [5.74, 6) is 1.07. The molecule has 2 unspecified atom stereocenters. The van der Waals surface area contributed by atoms with Crippen molar-refractivity contribution in [2.24, 2.45) is 0 Å². The highest BCUT2D eigenvalue weighted by atomic mass is 16.5. The first-order valence-electron chi connectivity index (χ1n) is 7.73. The molecule has 1 N–H and O–H groups in total. The van der Waals surface area contributed by atoms with Crippen LogP contribution in [0.5, 0.6) is 5.75 Å². The monoisotopic (exact) mass is 277 g/mol. The third-order valence-electron chi connectivity index (χ3n) is 4.19. The van der Waals surface area contributed by atoms with E-state index in [1.54, 1.807) is 0 Å². The van der Waals surface area contributed by atoms with Crippen LogP contribution in [0.25, 0.3) is 0 Å². The van der Waals surface area contributed by atoms with E-state index < -0.39 is 0 Å². The average Bonchev–Trinajstić information content (AvgIpc) is 2.94. The lowest BCUT2D eigenvalue weighted by Gasteiger charge is -2.25. The first-order chi connectivity index (χ1) is 9.78. The van der Waals surface area contributed by atoms with E-state index in [0.717, 1.165) is 44.5 Å². The fourth-order valence-corrected chi connectivity index (χ4v) is 3.00. The van der Waals surface area contributed by atoms with Crippen molar-refractivity contribution in [1.29, 1.82) is 0 Å². The fourth-order valence-electron chi connectivity index (χ4n) is 3.00. The molecule has 0 fully saturated rings. The Balaban J connectivity index is 1.92. The van der Waals surface area contributed by atoms with Gasteiger partial charge in [-0.15, -0.1) is 0 Å². The Morgan fingerprint density at radius 2 is 2.20 bits per heavy atom. The summed E-state index contributed by atoms with van der Waals surface area (Å²) in [6.45, 7) is 3.04. The van der Waals surface area contributed by atoms with Gasteiger partial charge in [-0.3, -0.25) is 0 Å². The zero-order valence-electron chi connectivity index (χ0n) is 12.9. The highest BCUT2D eigenvalue weighted by Gasteiger charge is 2.19. The van der Waals surface area contributed by atoms with Crippen LogP contribution in [-0.2, 0) is 17.6 Å². The third-order valence-corrected chi connectivity index (χ3v) is 4.19. The van der Waals surface area contributed by atoms with Gasteiger partial charge in [-0.1, -0.05) is 25.5 Å². The topological polar surface area (TPSA) is 30.5 Å². The number of likely N-dealkylation sites (N-methyl/N-ethyl adjacent to an activating group) is 1. The number of nitrogens with one attached hydrogen (secondary N) is 1. The second-order valence-electron chi connectivity index (χ2n) is 5.54. The summed E-state index contributed by atoms with van der Waals surface area (Å²) in [5, 5.41) is 3.41. The normalized spacial score (nSPS) is 16.6. The van der Waals surface area contributed by atoms with Gasteiger partial charge in [0.2, 0.25) is 0 Å². The van der Waals surface area contributed by atoms with E-state index in [9.17, 15) is 0 Å². The molecule has 3 heteroatoms. The van der Waals surface area contributed by atoms with Crippen LogP contribution in [0.4, 0.5) is 0 Å². The first-order valence-corrected chi connectivity index (χ1v) is 7.73. The zero-order valence-corrected chi connectivity index (χ0v) is 12.9. The molecule has 112 valence electrons. The maximum Gasteiger partial charge on any atom is 0.122 e. The predicted molar refractivity (Wildman–Crippen MR) is 82.5 cm³/mol. The molecule has 0 spiro atoms. The van der Waals surface area contributed by atoms with E-state index in [1.807, 2.05) is 14.2 Å². The minimum absolute atomic E-state index is 0.308. The van der Waals surface area contributed by atoms with Crippen LogP contribution in [0.15, 0.2) is 18.2 Å². The van der Waals surface area contributed by atoms with Gasteiger partial charge in [-0.25, -0.2) is 0 Å². The Morgan fingerprint density at radius 1 is 1.35 bits per heavy atom. The molecule has 1 aliphatic rings. The van der Waals surface area contributed by atoms with E-state index in [-0.39, 0.29) is 0 Å². The number of aryl methyl sites for hydroxylation is 1. The largest absolute Gasteiger partial charge is 0.493 e. The minimum Gasteiger partial charge on any atom is -0.493 e. The summed E-state index contributed by atoms with van der Waals surface area (Å²) >= 11 is 0. The van der Waals surface area contributed by atoms with Crippen LogP contribution >= 0.6 is 0 Å². The first kappa shape index (κ1) is 15.3. The lowest BCUT2D eigenvalue weighted by Crippen LogP contribution is -2.39. The van der Waals surface area contributed by atoms with Crippen LogP contribution < -0.4 is 10.1 Å². The smallest absolute Gasteiger partial charge is 0.122 e. The van der Waals surface area contributed by atoms with Crippen LogP contribution in [0.2, 0.25) is 0 Å². The summed E-state index contributed by atoms with van der Waals surface area (Å²) in [6.07, 6.45) is 5.82. The third kappa shape index (κ3) is 3.74. The predicted octanol–water partition coefficient (Wildman–Crippen LogP) is 2.96. The summed E-state index contributed by atoms with van der Waals surface area (Å²) in [4.78, 5) is 0. The Bertz CT molecular complexity index is 419. The quantitative estimate of drug-likeness (QED) is 0.792. The molecular weight excluding hydrogens is 250 g/mol. The summed E-state index contributed by atoms with van der Waals surface area (Å²) < 4.78 is 11.2. The molecule has 2 atom stereocenters. The number of hydrogen-bond acceptors (Lipinski definition) is 3. The van der Waals surface area contributed by atoms with Crippen molar-refractivity contribution in [2.75, 3.05) is 20.8 Å². The van der Waals surface area contributed by atoms with Gasteiger partial charge in [-0.2, -0.15) is 0 Å². The SMILES string of the molecule is CCCC(OC)C(CCc1ccc2c(c1)CCO2)NC. The molecule has 0 aliphatic carbocycles. The molecular formula is C17H27NO2. The number of fused-ring (bicyclic) bond motifs is 1. The summed E-state index contributed by atoms with van der Waals surface area (Å²) in [7, 11) is 3.85. The summed E-state index contributed by atoms with van der Waals surface area (Å²) in [6, 6.07) is 7.03. The van der Waals surface area contributed by atoms with Crippen LogP contribution in [0.1, 0.15) is 37.3 Å². The minimum atomic E-state index is 0.308. The molecule has 0 radical (unpaired) electrons. The highest BCUT2D eigenvalue weighted by Crippen LogP contribution is 2.26. The van der Waals surface area contributed by atoms with Crippen molar-refractivity contribution < 1.29 is 9.47 Å². The molecule has 1 aromatic rings. The van der Waals surface area contributed by atoms with Crippen LogP contribution in [-0.4, -0.2) is 32.9 Å². The molecule has 1 aliphatic heterocycles. The van der Waals surface area contributed by atoms with Gasteiger partial charge >= 0.3 is 0 Å². The Kier molecular flexibility index (Phi) is 5.86. The lowest BCUT2D eigenvalue weighted by molar-refractivity contribution is 0.0607. The molecule has 1 heterocycles. The van der Waals surface area contributed by atoms with Crippen molar-refractivity contribution in [1.82, 2.24) is 5.32 Å². The maximum atomic E-state index is 5.62. The van der Waals surface area contributed by atoms with Gasteiger partial charge in [0.05, 0.1) is 12.7 Å². The van der Waals surface area contributed by atoms with Crippen LogP contribution in [0, 0.1) is 0 Å². The number of rotatable bonds is 8. The second kappa shape index (κ2) is 7.65. The highest BCUT2D eigenvalue weighted by molar-refractivity contribution is 5.39. The van der Waals surface area contributed by atoms with Gasteiger partial charge in [-0.05, 0) is 43.5 Å². The standard InChI is InChI=1S/C17H27NO2/c1-4-5-17(19-3)15(18-2)8-6-13-7-9-16-14(12-13)10-11-20-16/h7,9,12,15,17-18H,4-6,8,10-11H2,1-3H3. The van der Waals surface area contributed by atoms with Gasteiger partial charge in [0.1, 0.15) is 5.75 Å². The molecule has 0 bridgehead atoms. The number of methoxy groups -OCH3 is 1. The van der Waals surface area contributed by atoms with Crippen molar-refractivity contribution >= 4 is 0 Å². The Hall–Kier alpha value is -1.06. The molecule has 1 aromatic carbocycles. The lowest BCUT2D eigenvalue weighted by atomic mass is 9.97. The number of ether oxygens (including phenoxy) is 2. The molecule has 0 amide bonds. The van der Waals surface area contributed by atoms with Crippen molar-refractivity contribution in [3.05, 3.63) is 29.3 Å². The molecule has 0 aromatic heterocycles. The molecule has 20 heavy (non-hydrogen) atoms.